The zero-order valence-corrected chi connectivity index (χ0v) is 11.9. The second-order valence-corrected chi connectivity index (χ2v) is 5.37. The van der Waals surface area contributed by atoms with Crippen LogP contribution in [0.25, 0.3) is 0 Å². The Morgan fingerprint density at radius 1 is 1.37 bits per heavy atom. The van der Waals surface area contributed by atoms with Crippen LogP contribution < -0.4 is 5.32 Å². The number of rotatable bonds is 3. The summed E-state index contributed by atoms with van der Waals surface area (Å²) < 4.78 is 5.59. The Kier molecular flexibility index (Phi) is 4.21. The fourth-order valence-corrected chi connectivity index (χ4v) is 2.60. The summed E-state index contributed by atoms with van der Waals surface area (Å²) in [6.07, 6.45) is 0.239. The molecule has 1 heterocycles. The second-order valence-electron chi connectivity index (χ2n) is 4.45. The Bertz CT molecular complexity index is 488. The van der Waals surface area contributed by atoms with E-state index in [0.29, 0.717) is 0 Å². The van der Waals surface area contributed by atoms with E-state index in [1.165, 1.54) is 7.11 Å². The number of carbonyl (C=O) groups is 2. The standard InChI is InChI=1S/C13H14BrNO4/c1-19-13(18)10-6-9(12(16)17)11(15-10)7-2-4-8(14)5-3-7/h2-5,9-11,15H,6H2,1H3,(H,16,17). The molecule has 0 aromatic heterocycles. The smallest absolute Gasteiger partial charge is 0.322 e. The maximum atomic E-state index is 11.5. The number of hydrogen-bond donors (Lipinski definition) is 2. The van der Waals surface area contributed by atoms with Crippen LogP contribution in [-0.2, 0) is 14.3 Å². The van der Waals surface area contributed by atoms with Crippen molar-refractivity contribution in [3.8, 4) is 0 Å². The molecular formula is C13H14BrNO4. The third-order valence-corrected chi connectivity index (χ3v) is 3.83. The first-order valence-corrected chi connectivity index (χ1v) is 6.64. The highest BCUT2D eigenvalue weighted by molar-refractivity contribution is 9.10. The number of hydrogen-bond acceptors (Lipinski definition) is 4. The maximum Gasteiger partial charge on any atom is 0.322 e. The number of nitrogens with one attached hydrogen (secondary N) is 1. The van der Waals surface area contributed by atoms with Crippen LogP contribution in [0.3, 0.4) is 0 Å². The molecule has 3 unspecified atom stereocenters. The summed E-state index contributed by atoms with van der Waals surface area (Å²) in [6, 6.07) is 6.44. The van der Waals surface area contributed by atoms with Gasteiger partial charge in [0.1, 0.15) is 6.04 Å². The minimum absolute atomic E-state index is 0.239. The second kappa shape index (κ2) is 5.71. The van der Waals surface area contributed by atoms with E-state index in [4.69, 9.17) is 0 Å². The lowest BCUT2D eigenvalue weighted by Gasteiger charge is -2.16. The summed E-state index contributed by atoms with van der Waals surface area (Å²) in [5, 5.41) is 12.3. The van der Waals surface area contributed by atoms with Crippen LogP contribution in [0.4, 0.5) is 0 Å². The monoisotopic (exact) mass is 327 g/mol. The van der Waals surface area contributed by atoms with Gasteiger partial charge >= 0.3 is 11.9 Å². The van der Waals surface area contributed by atoms with E-state index >= 15 is 0 Å². The molecule has 0 saturated carbocycles. The molecule has 0 bridgehead atoms. The van der Waals surface area contributed by atoms with E-state index in [9.17, 15) is 14.7 Å². The van der Waals surface area contributed by atoms with Crippen molar-refractivity contribution in [2.24, 2.45) is 5.92 Å². The Morgan fingerprint density at radius 2 is 2.00 bits per heavy atom. The molecule has 1 aliphatic rings. The van der Waals surface area contributed by atoms with Gasteiger partial charge in [0.25, 0.3) is 0 Å². The molecule has 2 rings (SSSR count). The van der Waals surface area contributed by atoms with Gasteiger partial charge in [-0.3, -0.25) is 14.9 Å². The Morgan fingerprint density at radius 3 is 2.53 bits per heavy atom. The molecule has 2 N–H and O–H groups in total. The molecule has 5 nitrogen and oxygen atoms in total. The third kappa shape index (κ3) is 2.96. The molecule has 0 aliphatic carbocycles. The maximum absolute atomic E-state index is 11.5. The van der Waals surface area contributed by atoms with Crippen molar-refractivity contribution in [1.82, 2.24) is 5.32 Å². The molecule has 1 aromatic rings. The highest BCUT2D eigenvalue weighted by Gasteiger charge is 2.42. The quantitative estimate of drug-likeness (QED) is 0.827. The first-order valence-electron chi connectivity index (χ1n) is 5.85. The topological polar surface area (TPSA) is 75.6 Å². The van der Waals surface area contributed by atoms with Crippen LogP contribution in [0.15, 0.2) is 28.7 Å². The van der Waals surface area contributed by atoms with E-state index in [0.717, 1.165) is 10.0 Å². The van der Waals surface area contributed by atoms with Gasteiger partial charge in [0.15, 0.2) is 0 Å². The predicted molar refractivity (Wildman–Crippen MR) is 71.6 cm³/mol. The van der Waals surface area contributed by atoms with Gasteiger partial charge in [0.2, 0.25) is 0 Å². The molecule has 1 aliphatic heterocycles. The number of halogens is 1. The van der Waals surface area contributed by atoms with E-state index < -0.39 is 23.9 Å². The summed E-state index contributed by atoms with van der Waals surface area (Å²) in [5.41, 5.74) is 0.849. The highest BCUT2D eigenvalue weighted by Crippen LogP contribution is 2.33. The van der Waals surface area contributed by atoms with Gasteiger partial charge in [-0.1, -0.05) is 28.1 Å². The van der Waals surface area contributed by atoms with Crippen LogP contribution in [0.5, 0.6) is 0 Å². The molecule has 1 saturated heterocycles. The minimum Gasteiger partial charge on any atom is -0.481 e. The molecule has 19 heavy (non-hydrogen) atoms. The van der Waals surface area contributed by atoms with Gasteiger partial charge in [0.05, 0.1) is 13.0 Å². The van der Waals surface area contributed by atoms with Gasteiger partial charge < -0.3 is 9.84 Å². The largest absolute Gasteiger partial charge is 0.481 e. The average Bonchev–Trinajstić information content (AvgIpc) is 2.84. The number of carboxylic acids is 1. The molecule has 1 fully saturated rings. The van der Waals surface area contributed by atoms with Crippen molar-refractivity contribution in [2.75, 3.05) is 7.11 Å². The number of ether oxygens (including phenoxy) is 1. The molecule has 102 valence electrons. The molecule has 0 amide bonds. The van der Waals surface area contributed by atoms with Crippen LogP contribution in [-0.4, -0.2) is 30.2 Å². The Hall–Kier alpha value is -1.40. The van der Waals surface area contributed by atoms with Crippen LogP contribution in [0.1, 0.15) is 18.0 Å². The first-order chi connectivity index (χ1) is 9.02. The summed E-state index contributed by atoms with van der Waals surface area (Å²) in [6.45, 7) is 0. The Balaban J connectivity index is 2.24. The normalized spacial score (nSPS) is 26.1. The number of methoxy groups -OCH3 is 1. The molecule has 0 spiro atoms. The lowest BCUT2D eigenvalue weighted by atomic mass is 9.93. The van der Waals surface area contributed by atoms with Crippen LogP contribution >= 0.6 is 15.9 Å². The first kappa shape index (κ1) is 14.0. The van der Waals surface area contributed by atoms with Gasteiger partial charge in [0, 0.05) is 10.5 Å². The fraction of sp³-hybridized carbons (Fsp3) is 0.385. The summed E-state index contributed by atoms with van der Waals surface area (Å²) >= 11 is 3.33. The van der Waals surface area contributed by atoms with Crippen molar-refractivity contribution < 1.29 is 19.4 Å². The average molecular weight is 328 g/mol. The zero-order valence-electron chi connectivity index (χ0n) is 10.3. The van der Waals surface area contributed by atoms with Crippen molar-refractivity contribution in [3.63, 3.8) is 0 Å². The molecule has 0 radical (unpaired) electrons. The van der Waals surface area contributed by atoms with Crippen molar-refractivity contribution >= 4 is 27.9 Å². The summed E-state index contributed by atoms with van der Waals surface area (Å²) in [4.78, 5) is 22.8. The molecular weight excluding hydrogens is 314 g/mol. The molecule has 3 atom stereocenters. The van der Waals surface area contributed by atoms with Crippen molar-refractivity contribution in [2.45, 2.75) is 18.5 Å². The zero-order chi connectivity index (χ0) is 14.0. The van der Waals surface area contributed by atoms with E-state index in [1.54, 1.807) is 0 Å². The van der Waals surface area contributed by atoms with Gasteiger partial charge in [-0.2, -0.15) is 0 Å². The molecule has 1 aromatic carbocycles. The fourth-order valence-electron chi connectivity index (χ4n) is 2.34. The number of carboxylic acid groups (broad SMARTS) is 1. The Labute approximate surface area is 119 Å². The lowest BCUT2D eigenvalue weighted by Crippen LogP contribution is -2.33. The number of aliphatic carboxylic acids is 1. The van der Waals surface area contributed by atoms with E-state index in [-0.39, 0.29) is 12.5 Å². The highest BCUT2D eigenvalue weighted by atomic mass is 79.9. The third-order valence-electron chi connectivity index (χ3n) is 3.30. The predicted octanol–water partition coefficient (Wildman–Crippen LogP) is 1.73. The summed E-state index contributed by atoms with van der Waals surface area (Å²) in [7, 11) is 1.30. The van der Waals surface area contributed by atoms with Crippen molar-refractivity contribution in [3.05, 3.63) is 34.3 Å². The number of esters is 1. The van der Waals surface area contributed by atoms with Gasteiger partial charge in [-0.05, 0) is 24.1 Å². The number of benzene rings is 1. The van der Waals surface area contributed by atoms with Crippen molar-refractivity contribution in [1.29, 1.82) is 0 Å². The summed E-state index contributed by atoms with van der Waals surface area (Å²) in [5.74, 6) is -1.97. The molecule has 6 heteroatoms. The SMILES string of the molecule is COC(=O)C1CC(C(=O)O)C(c2ccc(Br)cc2)N1. The van der Waals surface area contributed by atoms with E-state index in [2.05, 4.69) is 26.0 Å². The van der Waals surface area contributed by atoms with E-state index in [1.807, 2.05) is 24.3 Å². The van der Waals surface area contributed by atoms with Crippen LogP contribution in [0.2, 0.25) is 0 Å². The minimum atomic E-state index is -0.910. The lowest BCUT2D eigenvalue weighted by molar-refractivity contribution is -0.143. The van der Waals surface area contributed by atoms with Crippen LogP contribution in [0, 0.1) is 5.92 Å². The van der Waals surface area contributed by atoms with Gasteiger partial charge in [-0.25, -0.2) is 0 Å². The number of carbonyl (C=O) groups excluding carboxylic acids is 1. The van der Waals surface area contributed by atoms with Gasteiger partial charge in [-0.15, -0.1) is 0 Å².